The Morgan fingerprint density at radius 3 is 2.18 bits per heavy atom. The molecule has 0 aliphatic heterocycles. The maximum atomic E-state index is 11.9. The van der Waals surface area contributed by atoms with Gasteiger partial charge in [0.25, 0.3) is 0 Å². The lowest BCUT2D eigenvalue weighted by Crippen LogP contribution is -2.26. The van der Waals surface area contributed by atoms with Crippen molar-refractivity contribution < 1.29 is 9.53 Å². The molecule has 0 aromatic heterocycles. The highest BCUT2D eigenvalue weighted by molar-refractivity contribution is 5.78. The first-order valence-corrected chi connectivity index (χ1v) is 6.15. The molecule has 0 fully saturated rings. The van der Waals surface area contributed by atoms with Gasteiger partial charge in [-0.05, 0) is 45.2 Å². The number of benzene rings is 1. The fourth-order valence-corrected chi connectivity index (χ4v) is 1.57. The van der Waals surface area contributed by atoms with Crippen molar-refractivity contribution >= 4 is 5.97 Å². The molecule has 94 valence electrons. The normalized spacial score (nSPS) is 13.2. The fraction of sp³-hybridized carbons (Fsp3) is 0.533. The van der Waals surface area contributed by atoms with Gasteiger partial charge in [0.05, 0.1) is 5.92 Å². The number of ether oxygens (including phenoxy) is 1. The predicted octanol–water partition coefficient (Wildman–Crippen LogP) is 3.69. The lowest BCUT2D eigenvalue weighted by molar-refractivity contribution is -0.156. The number of carbonyl (C=O) groups excluding carboxylic acids is 1. The van der Waals surface area contributed by atoms with Gasteiger partial charge >= 0.3 is 5.97 Å². The van der Waals surface area contributed by atoms with Crippen LogP contribution in [-0.4, -0.2) is 11.6 Å². The number of hydrogen-bond donors (Lipinski definition) is 0. The molecule has 1 atom stereocenters. The first kappa shape index (κ1) is 13.8. The Bertz CT molecular complexity index is 371. The van der Waals surface area contributed by atoms with Crippen molar-refractivity contribution in [1.29, 1.82) is 0 Å². The van der Waals surface area contributed by atoms with Crippen molar-refractivity contribution in [2.45, 2.75) is 52.6 Å². The van der Waals surface area contributed by atoms with Crippen LogP contribution in [0.25, 0.3) is 0 Å². The van der Waals surface area contributed by atoms with E-state index in [1.807, 2.05) is 39.8 Å². The van der Waals surface area contributed by atoms with Crippen LogP contribution in [0.2, 0.25) is 0 Å². The Kier molecular flexibility index (Phi) is 4.33. The van der Waals surface area contributed by atoms with Crippen LogP contribution < -0.4 is 0 Å². The van der Waals surface area contributed by atoms with Crippen LogP contribution in [0.15, 0.2) is 24.3 Å². The molecule has 1 aromatic rings. The topological polar surface area (TPSA) is 26.3 Å². The molecule has 1 rings (SSSR count). The third-order valence-electron chi connectivity index (χ3n) is 2.65. The molecule has 0 saturated heterocycles. The highest BCUT2D eigenvalue weighted by Crippen LogP contribution is 2.20. The van der Waals surface area contributed by atoms with E-state index in [2.05, 4.69) is 19.1 Å². The summed E-state index contributed by atoms with van der Waals surface area (Å²) in [6.07, 6.45) is 1.01. The van der Waals surface area contributed by atoms with E-state index in [1.165, 1.54) is 5.56 Å². The number of rotatable bonds is 3. The molecule has 0 radical (unpaired) electrons. The summed E-state index contributed by atoms with van der Waals surface area (Å²) in [7, 11) is 0. The molecule has 1 aromatic carbocycles. The summed E-state index contributed by atoms with van der Waals surface area (Å²) in [4.78, 5) is 11.9. The third kappa shape index (κ3) is 4.22. The number of esters is 1. The SMILES string of the molecule is CCc1ccc(C(C)C(=O)OC(C)(C)C)cc1. The molecular weight excluding hydrogens is 212 g/mol. The first-order chi connectivity index (χ1) is 7.83. The zero-order chi connectivity index (χ0) is 13.1. The van der Waals surface area contributed by atoms with Gasteiger partial charge in [0.1, 0.15) is 5.60 Å². The predicted molar refractivity (Wildman–Crippen MR) is 70.1 cm³/mol. The molecule has 2 heteroatoms. The summed E-state index contributed by atoms with van der Waals surface area (Å²) < 4.78 is 5.37. The maximum absolute atomic E-state index is 11.9. The van der Waals surface area contributed by atoms with Crippen molar-refractivity contribution in [3.63, 3.8) is 0 Å². The second-order valence-electron chi connectivity index (χ2n) is 5.35. The van der Waals surface area contributed by atoms with Crippen LogP contribution in [0, 0.1) is 0 Å². The molecule has 0 saturated carbocycles. The zero-order valence-electron chi connectivity index (χ0n) is 11.4. The summed E-state index contributed by atoms with van der Waals surface area (Å²) in [5.41, 5.74) is 1.87. The Labute approximate surface area is 104 Å². The van der Waals surface area contributed by atoms with Gasteiger partial charge in [-0.3, -0.25) is 4.79 Å². The third-order valence-corrected chi connectivity index (χ3v) is 2.65. The van der Waals surface area contributed by atoms with E-state index in [-0.39, 0.29) is 11.9 Å². The monoisotopic (exact) mass is 234 g/mol. The van der Waals surface area contributed by atoms with E-state index in [9.17, 15) is 4.79 Å². The lowest BCUT2D eigenvalue weighted by Gasteiger charge is -2.22. The van der Waals surface area contributed by atoms with Gasteiger partial charge in [0.2, 0.25) is 0 Å². The molecule has 1 unspecified atom stereocenters. The number of carbonyl (C=O) groups is 1. The van der Waals surface area contributed by atoms with Gasteiger partial charge in [-0.2, -0.15) is 0 Å². The van der Waals surface area contributed by atoms with Gasteiger partial charge in [0, 0.05) is 0 Å². The standard InChI is InChI=1S/C15H22O2/c1-6-12-7-9-13(10-8-12)11(2)14(16)17-15(3,4)5/h7-11H,6H2,1-5H3. The van der Waals surface area contributed by atoms with Crippen LogP contribution in [0.4, 0.5) is 0 Å². The Hall–Kier alpha value is -1.31. The average molecular weight is 234 g/mol. The van der Waals surface area contributed by atoms with Gasteiger partial charge < -0.3 is 4.74 Å². The van der Waals surface area contributed by atoms with Crippen molar-refractivity contribution in [1.82, 2.24) is 0 Å². The van der Waals surface area contributed by atoms with E-state index in [4.69, 9.17) is 4.74 Å². The number of hydrogen-bond acceptors (Lipinski definition) is 2. The van der Waals surface area contributed by atoms with E-state index in [0.29, 0.717) is 0 Å². The molecule has 2 nitrogen and oxygen atoms in total. The zero-order valence-corrected chi connectivity index (χ0v) is 11.4. The Morgan fingerprint density at radius 2 is 1.76 bits per heavy atom. The summed E-state index contributed by atoms with van der Waals surface area (Å²) in [6, 6.07) is 8.15. The summed E-state index contributed by atoms with van der Waals surface area (Å²) in [6.45, 7) is 9.66. The van der Waals surface area contributed by atoms with Crippen molar-refractivity contribution in [2.75, 3.05) is 0 Å². The highest BCUT2D eigenvalue weighted by atomic mass is 16.6. The summed E-state index contributed by atoms with van der Waals surface area (Å²) in [5, 5.41) is 0. The minimum absolute atomic E-state index is 0.165. The van der Waals surface area contributed by atoms with Crippen LogP contribution in [0.1, 0.15) is 51.7 Å². The summed E-state index contributed by atoms with van der Waals surface area (Å²) >= 11 is 0. The van der Waals surface area contributed by atoms with E-state index >= 15 is 0 Å². The van der Waals surface area contributed by atoms with Gasteiger partial charge in [0.15, 0.2) is 0 Å². The molecule has 0 heterocycles. The fourth-order valence-electron chi connectivity index (χ4n) is 1.57. The van der Waals surface area contributed by atoms with Crippen LogP contribution in [-0.2, 0) is 16.0 Å². The van der Waals surface area contributed by atoms with Gasteiger partial charge in [-0.1, -0.05) is 31.2 Å². The second kappa shape index (κ2) is 5.35. The highest BCUT2D eigenvalue weighted by Gasteiger charge is 2.22. The molecule has 0 aliphatic carbocycles. The van der Waals surface area contributed by atoms with E-state index in [0.717, 1.165) is 12.0 Å². The van der Waals surface area contributed by atoms with E-state index in [1.54, 1.807) is 0 Å². The molecule has 0 aliphatic rings. The Balaban J connectivity index is 2.74. The van der Waals surface area contributed by atoms with Crippen molar-refractivity contribution in [2.24, 2.45) is 0 Å². The molecule has 0 N–H and O–H groups in total. The van der Waals surface area contributed by atoms with Crippen LogP contribution >= 0.6 is 0 Å². The maximum Gasteiger partial charge on any atom is 0.313 e. The van der Waals surface area contributed by atoms with Crippen molar-refractivity contribution in [3.8, 4) is 0 Å². The van der Waals surface area contributed by atoms with Gasteiger partial charge in [-0.25, -0.2) is 0 Å². The molecular formula is C15H22O2. The number of aryl methyl sites for hydroxylation is 1. The minimum Gasteiger partial charge on any atom is -0.460 e. The minimum atomic E-state index is -0.422. The lowest BCUT2D eigenvalue weighted by atomic mass is 9.99. The largest absolute Gasteiger partial charge is 0.460 e. The van der Waals surface area contributed by atoms with E-state index < -0.39 is 5.60 Å². The smallest absolute Gasteiger partial charge is 0.313 e. The molecule has 0 spiro atoms. The average Bonchev–Trinajstić information content (AvgIpc) is 2.26. The first-order valence-electron chi connectivity index (χ1n) is 6.15. The van der Waals surface area contributed by atoms with Crippen LogP contribution in [0.5, 0.6) is 0 Å². The molecule has 0 amide bonds. The van der Waals surface area contributed by atoms with Gasteiger partial charge in [-0.15, -0.1) is 0 Å². The Morgan fingerprint density at radius 1 is 1.24 bits per heavy atom. The quantitative estimate of drug-likeness (QED) is 0.745. The summed E-state index contributed by atoms with van der Waals surface area (Å²) in [5.74, 6) is -0.373. The van der Waals surface area contributed by atoms with Crippen LogP contribution in [0.3, 0.4) is 0 Å². The molecule has 0 bridgehead atoms. The van der Waals surface area contributed by atoms with Crippen molar-refractivity contribution in [3.05, 3.63) is 35.4 Å². The molecule has 17 heavy (non-hydrogen) atoms. The second-order valence-corrected chi connectivity index (χ2v) is 5.35.